The molecule has 1 amide bonds. The number of nitrogens with zero attached hydrogens (tertiary/aromatic N) is 2. The molecule has 0 spiro atoms. The average Bonchev–Trinajstić information content (AvgIpc) is 3.44. The molecule has 0 unspecified atom stereocenters. The number of thioether (sulfide) groups is 1. The van der Waals surface area contributed by atoms with Crippen molar-refractivity contribution < 1.29 is 18.7 Å². The van der Waals surface area contributed by atoms with Crippen LogP contribution in [0, 0.1) is 0 Å². The number of carbonyl (C=O) groups is 2. The zero-order valence-corrected chi connectivity index (χ0v) is 20.9. The molecule has 7 nitrogen and oxygen atoms in total. The van der Waals surface area contributed by atoms with Gasteiger partial charge in [-0.3, -0.25) is 9.69 Å². The molecule has 5 rings (SSSR count). The summed E-state index contributed by atoms with van der Waals surface area (Å²) >= 11 is 2.69. The van der Waals surface area contributed by atoms with Crippen molar-refractivity contribution in [3.05, 3.63) is 76.2 Å². The molecular formula is C26H25N3O4S2. The maximum Gasteiger partial charge on any atom is 0.341 e. The van der Waals surface area contributed by atoms with Crippen LogP contribution < -0.4 is 5.32 Å². The Balaban J connectivity index is 1.30. The number of benzene rings is 2. The number of amides is 1. The molecule has 1 aliphatic rings. The highest BCUT2D eigenvalue weighted by Crippen LogP contribution is 2.38. The van der Waals surface area contributed by atoms with Crippen LogP contribution in [0.2, 0.25) is 0 Å². The maximum absolute atomic E-state index is 12.8. The SMILES string of the molecule is CCOC(=O)c1c(NC(=O)CSc2nc3ccccc3o2)sc2c1CCN(Cc1ccccc1)C2. The van der Waals surface area contributed by atoms with E-state index in [0.717, 1.165) is 42.0 Å². The number of para-hydroxylation sites is 2. The number of aromatic nitrogens is 1. The largest absolute Gasteiger partial charge is 0.462 e. The highest BCUT2D eigenvalue weighted by molar-refractivity contribution is 7.99. The van der Waals surface area contributed by atoms with Crippen LogP contribution in [0.1, 0.15) is 33.3 Å². The summed E-state index contributed by atoms with van der Waals surface area (Å²) in [5, 5.41) is 3.94. The number of carbonyl (C=O) groups excluding carboxylic acids is 2. The predicted molar refractivity (Wildman–Crippen MR) is 138 cm³/mol. The molecule has 9 heteroatoms. The Bertz CT molecular complexity index is 1320. The van der Waals surface area contributed by atoms with E-state index in [9.17, 15) is 9.59 Å². The van der Waals surface area contributed by atoms with Crippen molar-refractivity contribution in [2.24, 2.45) is 0 Å². The van der Waals surface area contributed by atoms with Gasteiger partial charge in [0.2, 0.25) is 5.91 Å². The summed E-state index contributed by atoms with van der Waals surface area (Å²) in [6, 6.07) is 17.8. The molecule has 0 radical (unpaired) electrons. The molecule has 0 saturated heterocycles. The number of ether oxygens (including phenoxy) is 1. The van der Waals surface area contributed by atoms with E-state index in [4.69, 9.17) is 9.15 Å². The van der Waals surface area contributed by atoms with Gasteiger partial charge in [0.05, 0.1) is 17.9 Å². The van der Waals surface area contributed by atoms with Crippen LogP contribution in [0.15, 0.2) is 64.2 Å². The molecule has 4 aromatic rings. The van der Waals surface area contributed by atoms with Crippen molar-refractivity contribution in [2.45, 2.75) is 31.7 Å². The van der Waals surface area contributed by atoms with Gasteiger partial charge >= 0.3 is 5.97 Å². The van der Waals surface area contributed by atoms with Gasteiger partial charge in [-0.15, -0.1) is 11.3 Å². The fourth-order valence-corrected chi connectivity index (χ4v) is 6.08. The Morgan fingerprint density at radius 1 is 1.17 bits per heavy atom. The number of anilines is 1. The molecule has 0 atom stereocenters. The number of fused-ring (bicyclic) bond motifs is 2. The quantitative estimate of drug-likeness (QED) is 0.254. The first-order chi connectivity index (χ1) is 17.1. The maximum atomic E-state index is 12.8. The van der Waals surface area contributed by atoms with Crippen molar-refractivity contribution in [2.75, 3.05) is 24.2 Å². The average molecular weight is 508 g/mol. The molecule has 0 saturated carbocycles. The van der Waals surface area contributed by atoms with Gasteiger partial charge in [-0.05, 0) is 36.6 Å². The minimum Gasteiger partial charge on any atom is -0.462 e. The Hall–Kier alpha value is -3.14. The molecular weight excluding hydrogens is 482 g/mol. The van der Waals surface area contributed by atoms with Crippen molar-refractivity contribution in [1.29, 1.82) is 0 Å². The fraction of sp³-hybridized carbons (Fsp3) is 0.269. The van der Waals surface area contributed by atoms with Gasteiger partial charge in [0.1, 0.15) is 10.5 Å². The molecule has 0 bridgehead atoms. The zero-order chi connectivity index (χ0) is 24.2. The highest BCUT2D eigenvalue weighted by atomic mass is 32.2. The van der Waals surface area contributed by atoms with Gasteiger partial charge in [0.15, 0.2) is 5.58 Å². The third kappa shape index (κ3) is 5.42. The second-order valence-electron chi connectivity index (χ2n) is 8.16. The molecule has 0 fully saturated rings. The van der Waals surface area contributed by atoms with E-state index in [1.165, 1.54) is 28.7 Å². The summed E-state index contributed by atoms with van der Waals surface area (Å²) < 4.78 is 11.0. The number of thiophene rings is 1. The fourth-order valence-electron chi connectivity index (χ4n) is 4.14. The standard InChI is InChI=1S/C26H25N3O4S2/c1-2-32-25(31)23-18-12-13-29(14-17-8-4-3-5-9-17)15-21(18)35-24(23)28-22(30)16-34-26-27-19-10-6-7-11-20(19)33-26/h3-11H,2,12-16H2,1H3,(H,28,30). The van der Waals surface area contributed by atoms with Crippen LogP contribution in [0.3, 0.4) is 0 Å². The topological polar surface area (TPSA) is 84.7 Å². The lowest BCUT2D eigenvalue weighted by Crippen LogP contribution is -2.30. The molecule has 2 aromatic heterocycles. The first kappa shape index (κ1) is 23.6. The minimum atomic E-state index is -0.386. The number of nitrogens with one attached hydrogen (secondary N) is 1. The second-order valence-corrected chi connectivity index (χ2v) is 10.2. The van der Waals surface area contributed by atoms with Crippen molar-refractivity contribution in [3.8, 4) is 0 Å². The lowest BCUT2D eigenvalue weighted by molar-refractivity contribution is -0.113. The molecule has 3 heterocycles. The van der Waals surface area contributed by atoms with Crippen LogP contribution in [0.5, 0.6) is 0 Å². The summed E-state index contributed by atoms with van der Waals surface area (Å²) in [6.07, 6.45) is 0.736. The van der Waals surface area contributed by atoms with Gasteiger partial charge in [-0.2, -0.15) is 0 Å². The smallest absolute Gasteiger partial charge is 0.341 e. The summed E-state index contributed by atoms with van der Waals surface area (Å²) in [4.78, 5) is 33.5. The number of rotatable bonds is 8. The summed E-state index contributed by atoms with van der Waals surface area (Å²) in [5.74, 6) is -0.483. The molecule has 1 aliphatic heterocycles. The van der Waals surface area contributed by atoms with E-state index in [1.54, 1.807) is 6.92 Å². The van der Waals surface area contributed by atoms with E-state index >= 15 is 0 Å². The van der Waals surface area contributed by atoms with Crippen LogP contribution >= 0.6 is 23.1 Å². The van der Waals surface area contributed by atoms with Crippen molar-refractivity contribution >= 4 is 51.1 Å². The van der Waals surface area contributed by atoms with Crippen molar-refractivity contribution in [1.82, 2.24) is 9.88 Å². The van der Waals surface area contributed by atoms with Gasteiger partial charge in [-0.25, -0.2) is 9.78 Å². The summed E-state index contributed by atoms with van der Waals surface area (Å²) in [5.41, 5.74) is 4.17. The van der Waals surface area contributed by atoms with E-state index in [1.807, 2.05) is 42.5 Å². The summed E-state index contributed by atoms with van der Waals surface area (Å²) in [6.45, 7) is 4.48. The first-order valence-electron chi connectivity index (χ1n) is 11.5. The number of oxazole rings is 1. The monoisotopic (exact) mass is 507 g/mol. The molecule has 180 valence electrons. The number of hydrogen-bond donors (Lipinski definition) is 1. The lowest BCUT2D eigenvalue weighted by atomic mass is 10.0. The third-order valence-corrected chi connectivity index (χ3v) is 7.68. The van der Waals surface area contributed by atoms with Gasteiger partial charge in [-0.1, -0.05) is 54.2 Å². The zero-order valence-electron chi connectivity index (χ0n) is 19.3. The van der Waals surface area contributed by atoms with Crippen molar-refractivity contribution in [3.63, 3.8) is 0 Å². The van der Waals surface area contributed by atoms with Gasteiger partial charge < -0.3 is 14.5 Å². The number of esters is 1. The Labute approximate surface area is 211 Å². The number of hydrogen-bond acceptors (Lipinski definition) is 8. The van der Waals surface area contributed by atoms with Gasteiger partial charge in [0.25, 0.3) is 5.22 Å². The summed E-state index contributed by atoms with van der Waals surface area (Å²) in [7, 11) is 0. The van der Waals surface area contributed by atoms with Crippen LogP contribution in [0.4, 0.5) is 5.00 Å². The molecule has 1 N–H and O–H groups in total. The lowest BCUT2D eigenvalue weighted by Gasteiger charge is -2.27. The minimum absolute atomic E-state index is 0.123. The Morgan fingerprint density at radius 2 is 1.97 bits per heavy atom. The van der Waals surface area contributed by atoms with E-state index in [0.29, 0.717) is 21.4 Å². The van der Waals surface area contributed by atoms with Crippen LogP contribution in [0.25, 0.3) is 11.1 Å². The second kappa shape index (κ2) is 10.6. The first-order valence-corrected chi connectivity index (χ1v) is 13.3. The molecule has 35 heavy (non-hydrogen) atoms. The highest BCUT2D eigenvalue weighted by Gasteiger charge is 2.29. The van der Waals surface area contributed by atoms with Gasteiger partial charge in [0, 0.05) is 24.5 Å². The predicted octanol–water partition coefficient (Wildman–Crippen LogP) is 5.36. The van der Waals surface area contributed by atoms with E-state index in [2.05, 4.69) is 27.3 Å². The third-order valence-electron chi connectivity index (χ3n) is 5.72. The van der Waals surface area contributed by atoms with Crippen LogP contribution in [-0.2, 0) is 29.0 Å². The van der Waals surface area contributed by atoms with Crippen LogP contribution in [-0.4, -0.2) is 40.7 Å². The molecule has 0 aliphatic carbocycles. The van der Waals surface area contributed by atoms with E-state index < -0.39 is 0 Å². The van der Waals surface area contributed by atoms with E-state index in [-0.39, 0.29) is 24.2 Å². The Kier molecular flexibility index (Phi) is 7.17. The Morgan fingerprint density at radius 3 is 2.77 bits per heavy atom. The molecule has 2 aromatic carbocycles. The normalized spacial score (nSPS) is 13.5.